The zero-order valence-corrected chi connectivity index (χ0v) is 22.7. The van der Waals surface area contributed by atoms with Crippen LogP contribution in [0.1, 0.15) is 43.4 Å². The van der Waals surface area contributed by atoms with Crippen LogP contribution in [0.2, 0.25) is 0 Å². The molecule has 0 saturated carbocycles. The van der Waals surface area contributed by atoms with E-state index in [0.717, 1.165) is 11.1 Å². The maximum absolute atomic E-state index is 14.0. The zero-order chi connectivity index (χ0) is 27.9. The van der Waals surface area contributed by atoms with Crippen LogP contribution in [0.5, 0.6) is 0 Å². The molecule has 0 aromatic heterocycles. The van der Waals surface area contributed by atoms with Crippen LogP contribution in [0.15, 0.2) is 60.7 Å². The second-order valence-electron chi connectivity index (χ2n) is 10.1. The molecule has 208 valence electrons. The standard InChI is InChI=1S/C29H38N6O4/c1-19(30-2)26(36)32-23-18-34(29(39)31-3)17-16-22-14-15-24(35(22)28(23)38)27(37)33-25(20-10-6-4-7-11-20)21-12-8-5-9-13-21/h4-13,19,22-25,30H,14-18H2,1-3H3,(H,31,39)(H,32,36)(H,33,37)/t19-,22+,23-,24-/m0/s1. The third kappa shape index (κ3) is 6.39. The summed E-state index contributed by atoms with van der Waals surface area (Å²) >= 11 is 0. The molecule has 5 amide bonds. The number of fused-ring (bicyclic) bond motifs is 1. The van der Waals surface area contributed by atoms with Gasteiger partial charge >= 0.3 is 6.03 Å². The van der Waals surface area contributed by atoms with Gasteiger partial charge in [-0.15, -0.1) is 0 Å². The van der Waals surface area contributed by atoms with E-state index in [2.05, 4.69) is 21.3 Å². The summed E-state index contributed by atoms with van der Waals surface area (Å²) in [4.78, 5) is 56.3. The number of urea groups is 1. The summed E-state index contributed by atoms with van der Waals surface area (Å²) in [5, 5.41) is 11.5. The van der Waals surface area contributed by atoms with Gasteiger partial charge in [0.15, 0.2) is 0 Å². The fourth-order valence-electron chi connectivity index (χ4n) is 5.40. The highest BCUT2D eigenvalue weighted by atomic mass is 16.2. The first-order valence-corrected chi connectivity index (χ1v) is 13.5. The average Bonchev–Trinajstić information content (AvgIpc) is 3.39. The van der Waals surface area contributed by atoms with E-state index in [0.29, 0.717) is 25.8 Å². The topological polar surface area (TPSA) is 123 Å². The highest BCUT2D eigenvalue weighted by molar-refractivity contribution is 5.94. The Morgan fingerprint density at radius 3 is 2.08 bits per heavy atom. The summed E-state index contributed by atoms with van der Waals surface area (Å²) in [5.41, 5.74) is 1.89. The van der Waals surface area contributed by atoms with Crippen LogP contribution >= 0.6 is 0 Å². The largest absolute Gasteiger partial charge is 0.343 e. The highest BCUT2D eigenvalue weighted by Gasteiger charge is 2.45. The molecule has 4 N–H and O–H groups in total. The number of carbonyl (C=O) groups is 4. The first kappa shape index (κ1) is 28.1. The smallest absolute Gasteiger partial charge is 0.317 e. The molecule has 0 radical (unpaired) electrons. The zero-order valence-electron chi connectivity index (χ0n) is 22.7. The lowest BCUT2D eigenvalue weighted by atomic mass is 9.98. The van der Waals surface area contributed by atoms with Crippen molar-refractivity contribution in [3.8, 4) is 0 Å². The van der Waals surface area contributed by atoms with Gasteiger partial charge in [0.05, 0.1) is 18.6 Å². The molecule has 10 nitrogen and oxygen atoms in total. The Morgan fingerprint density at radius 2 is 1.51 bits per heavy atom. The van der Waals surface area contributed by atoms with Crippen LogP contribution in [0.4, 0.5) is 4.79 Å². The van der Waals surface area contributed by atoms with Crippen LogP contribution in [-0.4, -0.2) is 84.9 Å². The van der Waals surface area contributed by atoms with E-state index in [-0.39, 0.29) is 42.4 Å². The number of likely N-dealkylation sites (N-methyl/N-ethyl adjacent to an activating group) is 1. The predicted octanol–water partition coefficient (Wildman–Crippen LogP) is 1.39. The molecule has 4 rings (SSSR count). The number of hydrogen-bond donors (Lipinski definition) is 4. The predicted molar refractivity (Wildman–Crippen MR) is 148 cm³/mol. The maximum Gasteiger partial charge on any atom is 0.317 e. The molecule has 0 unspecified atom stereocenters. The monoisotopic (exact) mass is 534 g/mol. The van der Waals surface area contributed by atoms with Gasteiger partial charge in [-0.2, -0.15) is 0 Å². The van der Waals surface area contributed by atoms with Crippen LogP contribution in [0.3, 0.4) is 0 Å². The molecule has 39 heavy (non-hydrogen) atoms. The number of hydrogen-bond acceptors (Lipinski definition) is 5. The number of rotatable bonds is 7. The summed E-state index contributed by atoms with van der Waals surface area (Å²) in [7, 11) is 3.20. The van der Waals surface area contributed by atoms with Gasteiger partial charge in [-0.25, -0.2) is 4.79 Å². The summed E-state index contributed by atoms with van der Waals surface area (Å²) < 4.78 is 0. The fourth-order valence-corrected chi connectivity index (χ4v) is 5.40. The quantitative estimate of drug-likeness (QED) is 0.428. The average molecular weight is 535 g/mol. The summed E-state index contributed by atoms with van der Waals surface area (Å²) in [6.45, 7) is 2.13. The lowest BCUT2D eigenvalue weighted by Crippen LogP contribution is -2.62. The molecule has 2 aromatic rings. The maximum atomic E-state index is 14.0. The number of benzene rings is 2. The SMILES string of the molecule is CNC(=O)N1CC[C@H]2CC[C@@H](C(=O)NC(c3ccccc3)c3ccccc3)N2C(=O)[C@@H](NC(=O)[C@H](C)NC)C1. The first-order chi connectivity index (χ1) is 18.8. The van der Waals surface area contributed by atoms with Crippen molar-refractivity contribution >= 4 is 23.8 Å². The lowest BCUT2D eigenvalue weighted by molar-refractivity contribution is -0.145. The fraction of sp³-hybridized carbons (Fsp3) is 0.448. The Balaban J connectivity index is 1.60. The Morgan fingerprint density at radius 1 is 0.897 bits per heavy atom. The van der Waals surface area contributed by atoms with Crippen molar-refractivity contribution in [1.82, 2.24) is 31.1 Å². The van der Waals surface area contributed by atoms with E-state index in [1.54, 1.807) is 23.8 Å². The second kappa shape index (κ2) is 12.8. The van der Waals surface area contributed by atoms with Crippen molar-refractivity contribution in [2.45, 2.75) is 56.4 Å². The third-order valence-electron chi connectivity index (χ3n) is 7.69. The van der Waals surface area contributed by atoms with Crippen molar-refractivity contribution in [3.05, 3.63) is 71.8 Å². The molecule has 2 heterocycles. The number of nitrogens with zero attached hydrogens (tertiary/aromatic N) is 2. The van der Waals surface area contributed by atoms with Gasteiger partial charge in [0.1, 0.15) is 12.1 Å². The third-order valence-corrected chi connectivity index (χ3v) is 7.69. The second-order valence-corrected chi connectivity index (χ2v) is 10.1. The van der Waals surface area contributed by atoms with E-state index in [1.165, 1.54) is 7.05 Å². The summed E-state index contributed by atoms with van der Waals surface area (Å²) in [6, 6.07) is 16.4. The molecule has 0 aliphatic carbocycles. The molecule has 2 aliphatic rings. The molecule has 2 saturated heterocycles. The van der Waals surface area contributed by atoms with E-state index >= 15 is 0 Å². The van der Waals surface area contributed by atoms with E-state index in [1.807, 2.05) is 60.7 Å². The van der Waals surface area contributed by atoms with E-state index in [4.69, 9.17) is 0 Å². The van der Waals surface area contributed by atoms with Crippen molar-refractivity contribution in [3.63, 3.8) is 0 Å². The number of nitrogens with one attached hydrogen (secondary N) is 4. The molecular formula is C29H38N6O4. The lowest BCUT2D eigenvalue weighted by Gasteiger charge is -2.39. The molecule has 0 bridgehead atoms. The van der Waals surface area contributed by atoms with E-state index in [9.17, 15) is 19.2 Å². The summed E-state index contributed by atoms with van der Waals surface area (Å²) in [6.07, 6.45) is 1.70. The van der Waals surface area contributed by atoms with Crippen LogP contribution in [0, 0.1) is 0 Å². The van der Waals surface area contributed by atoms with Crippen LogP contribution in [0.25, 0.3) is 0 Å². The number of carbonyl (C=O) groups excluding carboxylic acids is 4. The molecule has 10 heteroatoms. The minimum absolute atomic E-state index is 0.0227. The van der Waals surface area contributed by atoms with Gasteiger partial charge in [-0.05, 0) is 44.4 Å². The Bertz CT molecular complexity index is 1120. The summed E-state index contributed by atoms with van der Waals surface area (Å²) in [5.74, 6) is -0.932. The minimum Gasteiger partial charge on any atom is -0.343 e. The van der Waals surface area contributed by atoms with Crippen molar-refractivity contribution in [2.75, 3.05) is 27.2 Å². The van der Waals surface area contributed by atoms with Gasteiger partial charge in [0.25, 0.3) is 0 Å². The highest BCUT2D eigenvalue weighted by Crippen LogP contribution is 2.31. The first-order valence-electron chi connectivity index (χ1n) is 13.5. The van der Waals surface area contributed by atoms with Crippen LogP contribution in [-0.2, 0) is 14.4 Å². The molecule has 2 fully saturated rings. The normalized spacial score (nSPS) is 21.9. The van der Waals surface area contributed by atoms with Gasteiger partial charge in [0, 0.05) is 19.6 Å². The molecular weight excluding hydrogens is 496 g/mol. The van der Waals surface area contributed by atoms with Gasteiger partial charge in [-0.3, -0.25) is 14.4 Å². The molecule has 0 spiro atoms. The minimum atomic E-state index is -0.971. The van der Waals surface area contributed by atoms with Crippen molar-refractivity contribution in [1.29, 1.82) is 0 Å². The van der Waals surface area contributed by atoms with Gasteiger partial charge in [0.2, 0.25) is 17.7 Å². The molecule has 2 aliphatic heterocycles. The van der Waals surface area contributed by atoms with E-state index < -0.39 is 18.1 Å². The van der Waals surface area contributed by atoms with Crippen LogP contribution < -0.4 is 21.3 Å². The number of amides is 5. The van der Waals surface area contributed by atoms with Gasteiger partial charge < -0.3 is 31.1 Å². The Kier molecular flexibility index (Phi) is 9.19. The van der Waals surface area contributed by atoms with Crippen molar-refractivity contribution < 1.29 is 19.2 Å². The van der Waals surface area contributed by atoms with Gasteiger partial charge in [-0.1, -0.05) is 60.7 Å². The van der Waals surface area contributed by atoms with Crippen molar-refractivity contribution in [2.24, 2.45) is 0 Å². The Labute approximate surface area is 229 Å². The Hall–Kier alpha value is -3.92. The molecule has 4 atom stereocenters. The molecule has 2 aromatic carbocycles.